The summed E-state index contributed by atoms with van der Waals surface area (Å²) in [4.78, 5) is 0. The summed E-state index contributed by atoms with van der Waals surface area (Å²) >= 11 is 0. The van der Waals surface area contributed by atoms with Gasteiger partial charge < -0.3 is 5.73 Å². The minimum Gasteiger partial charge on any atom is -0.326 e. The maximum absolute atomic E-state index is 12.3. The zero-order chi connectivity index (χ0) is 10.9. The molecule has 1 nitrogen and oxygen atoms in total. The fourth-order valence-electron chi connectivity index (χ4n) is 0.621. The average molecular weight is 205 g/mol. The first kappa shape index (κ1) is 12.6. The molecular weight excluding hydrogens is 193 g/mol. The van der Waals surface area contributed by atoms with Crippen LogP contribution in [0.1, 0.15) is 26.7 Å². The van der Waals surface area contributed by atoms with Gasteiger partial charge in [-0.15, -0.1) is 0 Å². The molecule has 0 heterocycles. The van der Waals surface area contributed by atoms with E-state index in [4.69, 9.17) is 5.73 Å². The van der Waals surface area contributed by atoms with Crippen molar-refractivity contribution in [2.24, 2.45) is 5.73 Å². The normalized spacial score (nSPS) is 14.8. The van der Waals surface area contributed by atoms with E-state index in [9.17, 15) is 22.0 Å². The van der Waals surface area contributed by atoms with Crippen LogP contribution in [0.3, 0.4) is 0 Å². The molecule has 0 saturated carbocycles. The van der Waals surface area contributed by atoms with Gasteiger partial charge in [0.2, 0.25) is 0 Å². The van der Waals surface area contributed by atoms with Gasteiger partial charge in [0.1, 0.15) is 0 Å². The molecule has 80 valence electrons. The third-order valence-corrected chi connectivity index (χ3v) is 1.50. The van der Waals surface area contributed by atoms with Crippen LogP contribution in [0.2, 0.25) is 0 Å². The first-order valence-electron chi connectivity index (χ1n) is 3.69. The van der Waals surface area contributed by atoms with Gasteiger partial charge in [-0.3, -0.25) is 0 Å². The first-order valence-corrected chi connectivity index (χ1v) is 3.69. The van der Waals surface area contributed by atoms with Crippen molar-refractivity contribution in [3.63, 3.8) is 0 Å². The van der Waals surface area contributed by atoms with E-state index in [0.29, 0.717) is 0 Å². The Kier molecular flexibility index (Phi) is 3.30. The van der Waals surface area contributed by atoms with E-state index < -0.39 is 24.1 Å². The minimum absolute atomic E-state index is 0.375. The van der Waals surface area contributed by atoms with Gasteiger partial charge in [0, 0.05) is 12.0 Å². The molecule has 0 rings (SSSR count). The lowest BCUT2D eigenvalue weighted by atomic mass is 9.97. The third-order valence-electron chi connectivity index (χ3n) is 1.50. The van der Waals surface area contributed by atoms with Crippen LogP contribution in [-0.2, 0) is 0 Å². The van der Waals surface area contributed by atoms with Gasteiger partial charge in [0.15, 0.2) is 0 Å². The van der Waals surface area contributed by atoms with Gasteiger partial charge in [0.05, 0.1) is 0 Å². The molecule has 0 spiro atoms. The Morgan fingerprint density at radius 2 is 1.31 bits per heavy atom. The van der Waals surface area contributed by atoms with E-state index in [-0.39, 0.29) is 6.42 Å². The quantitative estimate of drug-likeness (QED) is 0.704. The van der Waals surface area contributed by atoms with Crippen molar-refractivity contribution in [2.45, 2.75) is 44.3 Å². The summed E-state index contributed by atoms with van der Waals surface area (Å²) in [5.74, 6) is -4.64. The summed E-state index contributed by atoms with van der Waals surface area (Å²) in [6.45, 7) is 2.80. The first-order chi connectivity index (χ1) is 5.46. The fourth-order valence-corrected chi connectivity index (χ4v) is 0.621. The lowest BCUT2D eigenvalue weighted by Crippen LogP contribution is -2.40. The highest BCUT2D eigenvalue weighted by Crippen LogP contribution is 2.39. The third kappa shape index (κ3) is 4.40. The van der Waals surface area contributed by atoms with Crippen molar-refractivity contribution in [2.75, 3.05) is 0 Å². The van der Waals surface area contributed by atoms with Crippen LogP contribution in [0.5, 0.6) is 0 Å². The van der Waals surface area contributed by atoms with Crippen molar-refractivity contribution in [3.05, 3.63) is 0 Å². The average Bonchev–Trinajstić information content (AvgIpc) is 1.79. The predicted molar refractivity (Wildman–Crippen MR) is 38.5 cm³/mol. The van der Waals surface area contributed by atoms with Crippen LogP contribution in [0.25, 0.3) is 0 Å². The van der Waals surface area contributed by atoms with E-state index in [0.717, 1.165) is 0 Å². The number of rotatable bonds is 3. The van der Waals surface area contributed by atoms with Crippen LogP contribution < -0.4 is 5.73 Å². The summed E-state index contributed by atoms with van der Waals surface area (Å²) in [6, 6.07) is 0. The molecule has 0 aliphatic carbocycles. The molecule has 0 saturated heterocycles. The standard InChI is InChI=1S/C7H12F5N/c1-5(2,13)3-4-6(8,9)7(10,11)12/h3-4,13H2,1-2H3. The molecule has 0 aliphatic heterocycles. The summed E-state index contributed by atoms with van der Waals surface area (Å²) in [5, 5.41) is 0. The predicted octanol–water partition coefficient (Wildman–Crippen LogP) is 2.70. The van der Waals surface area contributed by atoms with Gasteiger partial charge in [0.25, 0.3) is 0 Å². The van der Waals surface area contributed by atoms with Crippen LogP contribution in [-0.4, -0.2) is 17.6 Å². The molecule has 0 unspecified atom stereocenters. The molecule has 0 atom stereocenters. The highest BCUT2D eigenvalue weighted by atomic mass is 19.4. The zero-order valence-electron chi connectivity index (χ0n) is 7.38. The molecule has 0 amide bonds. The summed E-state index contributed by atoms with van der Waals surface area (Å²) in [7, 11) is 0. The Hall–Kier alpha value is -0.390. The number of nitrogens with two attached hydrogens (primary N) is 1. The molecule has 0 aliphatic rings. The summed E-state index contributed by atoms with van der Waals surface area (Å²) < 4.78 is 59.4. The SMILES string of the molecule is CC(C)(N)CCC(F)(F)C(F)(F)F. The summed E-state index contributed by atoms with van der Waals surface area (Å²) in [6.07, 6.45) is -7.11. The van der Waals surface area contributed by atoms with Crippen molar-refractivity contribution in [1.29, 1.82) is 0 Å². The Balaban J connectivity index is 4.21. The number of hydrogen-bond acceptors (Lipinski definition) is 1. The smallest absolute Gasteiger partial charge is 0.326 e. The van der Waals surface area contributed by atoms with E-state index in [2.05, 4.69) is 0 Å². The molecule has 0 bridgehead atoms. The van der Waals surface area contributed by atoms with E-state index in [1.54, 1.807) is 0 Å². The second-order valence-corrected chi connectivity index (χ2v) is 3.69. The molecule has 0 aromatic heterocycles. The second-order valence-electron chi connectivity index (χ2n) is 3.69. The van der Waals surface area contributed by atoms with Gasteiger partial charge in [-0.2, -0.15) is 22.0 Å². The number of alkyl halides is 5. The summed E-state index contributed by atoms with van der Waals surface area (Å²) in [5.41, 5.74) is 4.28. The topological polar surface area (TPSA) is 26.0 Å². The van der Waals surface area contributed by atoms with Crippen molar-refractivity contribution >= 4 is 0 Å². The maximum atomic E-state index is 12.3. The van der Waals surface area contributed by atoms with Crippen LogP contribution >= 0.6 is 0 Å². The molecule has 13 heavy (non-hydrogen) atoms. The molecule has 6 heteroatoms. The number of hydrogen-bond donors (Lipinski definition) is 1. The van der Waals surface area contributed by atoms with Crippen LogP contribution in [0.15, 0.2) is 0 Å². The van der Waals surface area contributed by atoms with E-state index in [1.807, 2.05) is 0 Å². The lowest BCUT2D eigenvalue weighted by Gasteiger charge is -2.24. The van der Waals surface area contributed by atoms with Gasteiger partial charge >= 0.3 is 12.1 Å². The van der Waals surface area contributed by atoms with E-state index >= 15 is 0 Å². The lowest BCUT2D eigenvalue weighted by molar-refractivity contribution is -0.285. The Labute approximate surface area is 73.1 Å². The van der Waals surface area contributed by atoms with Gasteiger partial charge in [-0.1, -0.05) is 0 Å². The van der Waals surface area contributed by atoms with Crippen LogP contribution in [0.4, 0.5) is 22.0 Å². The maximum Gasteiger partial charge on any atom is 0.453 e. The van der Waals surface area contributed by atoms with Crippen LogP contribution in [0, 0.1) is 0 Å². The highest BCUT2D eigenvalue weighted by Gasteiger charge is 2.56. The molecule has 0 fully saturated rings. The Bertz CT molecular complexity index is 167. The Morgan fingerprint density at radius 3 is 1.54 bits per heavy atom. The minimum atomic E-state index is -5.47. The van der Waals surface area contributed by atoms with Gasteiger partial charge in [-0.05, 0) is 20.3 Å². The molecular formula is C7H12F5N. The fraction of sp³-hybridized carbons (Fsp3) is 1.00. The monoisotopic (exact) mass is 205 g/mol. The zero-order valence-corrected chi connectivity index (χ0v) is 7.38. The Morgan fingerprint density at radius 1 is 0.923 bits per heavy atom. The van der Waals surface area contributed by atoms with E-state index in [1.165, 1.54) is 13.8 Å². The molecule has 0 aromatic rings. The van der Waals surface area contributed by atoms with Crippen molar-refractivity contribution in [3.8, 4) is 0 Å². The van der Waals surface area contributed by atoms with Crippen molar-refractivity contribution in [1.82, 2.24) is 0 Å². The number of halogens is 5. The largest absolute Gasteiger partial charge is 0.453 e. The second kappa shape index (κ2) is 3.40. The van der Waals surface area contributed by atoms with Crippen molar-refractivity contribution < 1.29 is 22.0 Å². The molecule has 2 N–H and O–H groups in total. The van der Waals surface area contributed by atoms with Gasteiger partial charge in [-0.25, -0.2) is 0 Å². The molecule has 0 aromatic carbocycles. The highest BCUT2D eigenvalue weighted by molar-refractivity contribution is 4.81. The molecule has 0 radical (unpaired) electrons.